The average Bonchev–Trinajstić information content (AvgIpc) is 2.94. The molecule has 1 saturated heterocycles. The Morgan fingerprint density at radius 2 is 2.04 bits per heavy atom. The van der Waals surface area contributed by atoms with Crippen LogP contribution in [0.1, 0.15) is 11.3 Å². The second-order valence-electron chi connectivity index (χ2n) is 6.31. The quantitative estimate of drug-likeness (QED) is 0.845. The topological polar surface area (TPSA) is 45.6 Å². The van der Waals surface area contributed by atoms with Gasteiger partial charge in [-0.2, -0.15) is 5.10 Å². The third kappa shape index (κ3) is 4.29. The molecule has 6 nitrogen and oxygen atoms in total. The molecule has 1 aliphatic heterocycles. The van der Waals surface area contributed by atoms with Crippen LogP contribution in [0.15, 0.2) is 30.5 Å². The summed E-state index contributed by atoms with van der Waals surface area (Å²) >= 11 is 5.57. The summed E-state index contributed by atoms with van der Waals surface area (Å²) in [6, 6.07) is 8.27. The van der Waals surface area contributed by atoms with Crippen LogP contribution in [-0.2, 0) is 13.6 Å². The Labute approximate surface area is 154 Å². The van der Waals surface area contributed by atoms with Crippen molar-refractivity contribution in [1.82, 2.24) is 19.6 Å². The van der Waals surface area contributed by atoms with Crippen molar-refractivity contribution in [3.8, 4) is 5.75 Å². The normalized spacial score (nSPS) is 15.2. The number of nitrogens with zero attached hydrogens (tertiary/aromatic N) is 4. The van der Waals surface area contributed by atoms with E-state index in [1.807, 2.05) is 37.0 Å². The number of hydrogen-bond acceptors (Lipinski definition) is 4. The van der Waals surface area contributed by atoms with Crippen LogP contribution in [0.3, 0.4) is 0 Å². The number of aromatic nitrogens is 2. The number of piperazine rings is 1. The van der Waals surface area contributed by atoms with Gasteiger partial charge >= 0.3 is 0 Å². The summed E-state index contributed by atoms with van der Waals surface area (Å²) in [6.45, 7) is 6.80. The van der Waals surface area contributed by atoms with E-state index in [0.29, 0.717) is 0 Å². The van der Waals surface area contributed by atoms with Gasteiger partial charge < -0.3 is 15.0 Å². The van der Waals surface area contributed by atoms with Crippen LogP contribution in [0.5, 0.6) is 5.75 Å². The number of rotatable bonds is 4. The SMILES string of the molecule is COc1cccc(CN2CCN(C(=S)Nc3cnn(C)c3C)CC2)c1. The highest BCUT2D eigenvalue weighted by Crippen LogP contribution is 2.17. The third-order valence-corrected chi connectivity index (χ3v) is 5.04. The van der Waals surface area contributed by atoms with Gasteiger partial charge in [0.05, 0.1) is 24.7 Å². The molecule has 3 rings (SSSR count). The lowest BCUT2D eigenvalue weighted by Gasteiger charge is -2.36. The van der Waals surface area contributed by atoms with E-state index < -0.39 is 0 Å². The van der Waals surface area contributed by atoms with Crippen LogP contribution in [0.2, 0.25) is 0 Å². The van der Waals surface area contributed by atoms with Crippen molar-refractivity contribution < 1.29 is 4.74 Å². The number of methoxy groups -OCH3 is 1. The Hall–Kier alpha value is -2.12. The second-order valence-corrected chi connectivity index (χ2v) is 6.70. The summed E-state index contributed by atoms with van der Waals surface area (Å²) in [5.74, 6) is 0.911. The first kappa shape index (κ1) is 17.7. The number of hydrogen-bond donors (Lipinski definition) is 1. The van der Waals surface area contributed by atoms with Gasteiger partial charge in [-0.15, -0.1) is 0 Å². The molecule has 0 aliphatic carbocycles. The molecule has 1 fully saturated rings. The molecule has 0 radical (unpaired) electrons. The van der Waals surface area contributed by atoms with E-state index in [-0.39, 0.29) is 0 Å². The van der Waals surface area contributed by atoms with Crippen molar-refractivity contribution in [2.24, 2.45) is 7.05 Å². The molecule has 0 atom stereocenters. The highest BCUT2D eigenvalue weighted by Gasteiger charge is 2.20. The molecule has 1 N–H and O–H groups in total. The van der Waals surface area contributed by atoms with E-state index >= 15 is 0 Å². The Kier molecular flexibility index (Phi) is 5.55. The lowest BCUT2D eigenvalue weighted by Crippen LogP contribution is -2.49. The fourth-order valence-corrected chi connectivity index (χ4v) is 3.25. The lowest BCUT2D eigenvalue weighted by molar-refractivity contribution is 0.177. The Bertz CT molecular complexity index is 737. The van der Waals surface area contributed by atoms with Gasteiger partial charge in [0.25, 0.3) is 0 Å². The summed E-state index contributed by atoms with van der Waals surface area (Å²) in [5, 5.41) is 8.34. The molecule has 134 valence electrons. The van der Waals surface area contributed by atoms with Crippen LogP contribution in [-0.4, -0.2) is 58.0 Å². The van der Waals surface area contributed by atoms with E-state index in [9.17, 15) is 0 Å². The predicted octanol–water partition coefficient (Wildman–Crippen LogP) is 2.25. The summed E-state index contributed by atoms with van der Waals surface area (Å²) in [4.78, 5) is 4.67. The largest absolute Gasteiger partial charge is 0.497 e. The zero-order valence-corrected chi connectivity index (χ0v) is 15.8. The molecule has 1 aromatic carbocycles. The fourth-order valence-electron chi connectivity index (χ4n) is 2.95. The molecule has 0 unspecified atom stereocenters. The van der Waals surface area contributed by atoms with Gasteiger partial charge in [-0.1, -0.05) is 12.1 Å². The smallest absolute Gasteiger partial charge is 0.173 e. The minimum Gasteiger partial charge on any atom is -0.497 e. The molecular formula is C18H25N5OS. The van der Waals surface area contributed by atoms with Crippen molar-refractivity contribution in [2.45, 2.75) is 13.5 Å². The molecule has 0 saturated carbocycles. The number of benzene rings is 1. The summed E-state index contributed by atoms with van der Waals surface area (Å²) in [5.41, 5.74) is 3.34. The van der Waals surface area contributed by atoms with Crippen molar-refractivity contribution in [2.75, 3.05) is 38.6 Å². The summed E-state index contributed by atoms with van der Waals surface area (Å²) in [7, 11) is 3.64. The van der Waals surface area contributed by atoms with E-state index in [1.54, 1.807) is 7.11 Å². The van der Waals surface area contributed by atoms with Gasteiger partial charge in [0.15, 0.2) is 5.11 Å². The molecule has 1 aliphatic rings. The molecule has 1 aromatic heterocycles. The number of ether oxygens (including phenoxy) is 1. The average molecular weight is 359 g/mol. The molecular weight excluding hydrogens is 334 g/mol. The standard InChI is InChI=1S/C18H25N5OS/c1-14-17(12-19-21(14)2)20-18(25)23-9-7-22(8-10-23)13-15-5-4-6-16(11-15)24-3/h4-6,11-12H,7-10,13H2,1-3H3,(H,20,25). The zero-order chi connectivity index (χ0) is 17.8. The van der Waals surface area contributed by atoms with Gasteiger partial charge in [-0.05, 0) is 36.8 Å². The van der Waals surface area contributed by atoms with E-state index in [4.69, 9.17) is 17.0 Å². The maximum atomic E-state index is 5.57. The number of anilines is 1. The second kappa shape index (κ2) is 7.84. The van der Waals surface area contributed by atoms with Crippen LogP contribution < -0.4 is 10.1 Å². The Morgan fingerprint density at radius 3 is 2.68 bits per heavy atom. The van der Waals surface area contributed by atoms with Crippen LogP contribution >= 0.6 is 12.2 Å². The lowest BCUT2D eigenvalue weighted by atomic mass is 10.2. The Balaban J connectivity index is 1.51. The number of nitrogens with one attached hydrogen (secondary N) is 1. The molecule has 0 amide bonds. The van der Waals surface area contributed by atoms with Crippen molar-refractivity contribution in [3.05, 3.63) is 41.7 Å². The van der Waals surface area contributed by atoms with Crippen LogP contribution in [0, 0.1) is 6.92 Å². The molecule has 2 heterocycles. The minimum atomic E-state index is 0.775. The first-order chi connectivity index (χ1) is 12.1. The van der Waals surface area contributed by atoms with Crippen molar-refractivity contribution >= 4 is 23.0 Å². The van der Waals surface area contributed by atoms with Gasteiger partial charge in [0, 0.05) is 39.8 Å². The predicted molar refractivity (Wildman–Crippen MR) is 104 cm³/mol. The van der Waals surface area contributed by atoms with Gasteiger partial charge in [-0.25, -0.2) is 0 Å². The van der Waals surface area contributed by atoms with Crippen molar-refractivity contribution in [1.29, 1.82) is 0 Å². The minimum absolute atomic E-state index is 0.775. The summed E-state index contributed by atoms with van der Waals surface area (Å²) in [6.07, 6.45) is 1.82. The number of thiocarbonyl (C=S) groups is 1. The molecule has 7 heteroatoms. The highest BCUT2D eigenvalue weighted by molar-refractivity contribution is 7.80. The maximum absolute atomic E-state index is 5.57. The number of aryl methyl sites for hydroxylation is 1. The molecule has 0 bridgehead atoms. The molecule has 25 heavy (non-hydrogen) atoms. The fraction of sp³-hybridized carbons (Fsp3) is 0.444. The van der Waals surface area contributed by atoms with Gasteiger partial charge in [0.2, 0.25) is 0 Å². The first-order valence-corrected chi connectivity index (χ1v) is 8.87. The summed E-state index contributed by atoms with van der Waals surface area (Å²) < 4.78 is 7.15. The van der Waals surface area contributed by atoms with Crippen molar-refractivity contribution in [3.63, 3.8) is 0 Å². The van der Waals surface area contributed by atoms with Crippen LogP contribution in [0.25, 0.3) is 0 Å². The molecule has 2 aromatic rings. The Morgan fingerprint density at radius 1 is 1.28 bits per heavy atom. The monoisotopic (exact) mass is 359 g/mol. The maximum Gasteiger partial charge on any atom is 0.173 e. The highest BCUT2D eigenvalue weighted by atomic mass is 32.1. The third-order valence-electron chi connectivity index (χ3n) is 4.68. The van der Waals surface area contributed by atoms with Crippen LogP contribution in [0.4, 0.5) is 5.69 Å². The van der Waals surface area contributed by atoms with E-state index in [1.165, 1.54) is 5.56 Å². The van der Waals surface area contributed by atoms with E-state index in [2.05, 4.69) is 32.3 Å². The zero-order valence-electron chi connectivity index (χ0n) is 15.0. The first-order valence-electron chi connectivity index (χ1n) is 8.46. The van der Waals surface area contributed by atoms with E-state index in [0.717, 1.165) is 55.0 Å². The molecule has 0 spiro atoms. The van der Waals surface area contributed by atoms with Gasteiger partial charge in [0.1, 0.15) is 5.75 Å². The van der Waals surface area contributed by atoms with Gasteiger partial charge in [-0.3, -0.25) is 9.58 Å².